The van der Waals surface area contributed by atoms with Crippen LogP contribution in [-0.4, -0.2) is 11.7 Å². The summed E-state index contributed by atoms with van der Waals surface area (Å²) in [5.74, 6) is 0.993. The number of piperidine rings is 1. The van der Waals surface area contributed by atoms with Crippen LogP contribution in [0.1, 0.15) is 36.8 Å². The lowest BCUT2D eigenvalue weighted by Crippen LogP contribution is -2.26. The third-order valence-electron chi connectivity index (χ3n) is 2.30. The lowest BCUT2D eigenvalue weighted by molar-refractivity contribution is 0.303. The summed E-state index contributed by atoms with van der Waals surface area (Å²) >= 11 is 0. The first-order valence-corrected chi connectivity index (χ1v) is 4.53. The van der Waals surface area contributed by atoms with Crippen molar-refractivity contribution >= 4 is 0 Å². The maximum atomic E-state index is 5.19. The van der Waals surface area contributed by atoms with Gasteiger partial charge in [0, 0.05) is 6.07 Å². The largest absolute Gasteiger partial charge is 0.359 e. The third kappa shape index (κ3) is 1.50. The molecule has 1 unspecified atom stereocenters. The molecule has 3 heteroatoms. The van der Waals surface area contributed by atoms with Gasteiger partial charge < -0.3 is 9.84 Å². The molecule has 1 saturated heterocycles. The van der Waals surface area contributed by atoms with Gasteiger partial charge in [-0.2, -0.15) is 0 Å². The normalized spacial score (nSPS) is 24.2. The van der Waals surface area contributed by atoms with E-state index >= 15 is 0 Å². The molecule has 0 aliphatic carbocycles. The van der Waals surface area contributed by atoms with E-state index in [4.69, 9.17) is 4.52 Å². The van der Waals surface area contributed by atoms with Crippen LogP contribution in [0.2, 0.25) is 0 Å². The van der Waals surface area contributed by atoms with Gasteiger partial charge in [0.15, 0.2) is 5.76 Å². The number of aryl methyl sites for hydroxylation is 1. The SMILES string of the molecule is Cc1cc(C2CCCCN2)on1. The average Bonchev–Trinajstić information content (AvgIpc) is 2.54. The van der Waals surface area contributed by atoms with Crippen LogP contribution in [0.4, 0.5) is 0 Å². The highest BCUT2D eigenvalue weighted by Gasteiger charge is 2.17. The number of aromatic nitrogens is 1. The van der Waals surface area contributed by atoms with Crippen molar-refractivity contribution in [3.05, 3.63) is 17.5 Å². The molecule has 12 heavy (non-hydrogen) atoms. The molecule has 66 valence electrons. The highest BCUT2D eigenvalue weighted by molar-refractivity contribution is 5.08. The van der Waals surface area contributed by atoms with Gasteiger partial charge in [0.2, 0.25) is 0 Å². The Labute approximate surface area is 72.1 Å². The summed E-state index contributed by atoms with van der Waals surface area (Å²) in [6.45, 7) is 3.06. The van der Waals surface area contributed by atoms with E-state index in [-0.39, 0.29) is 0 Å². The van der Waals surface area contributed by atoms with E-state index in [1.807, 2.05) is 13.0 Å². The van der Waals surface area contributed by atoms with Crippen molar-refractivity contribution in [3.63, 3.8) is 0 Å². The molecule has 0 radical (unpaired) electrons. The Morgan fingerprint density at radius 3 is 3.08 bits per heavy atom. The van der Waals surface area contributed by atoms with Crippen LogP contribution in [0, 0.1) is 6.92 Å². The molecule has 1 aliphatic heterocycles. The van der Waals surface area contributed by atoms with Crippen LogP contribution in [0.3, 0.4) is 0 Å². The number of rotatable bonds is 1. The van der Waals surface area contributed by atoms with Crippen LogP contribution in [0.25, 0.3) is 0 Å². The molecule has 1 atom stereocenters. The quantitative estimate of drug-likeness (QED) is 0.691. The van der Waals surface area contributed by atoms with Crippen molar-refractivity contribution in [2.45, 2.75) is 32.2 Å². The van der Waals surface area contributed by atoms with Gasteiger partial charge >= 0.3 is 0 Å². The predicted octanol–water partition coefficient (Wildman–Crippen LogP) is 1.80. The van der Waals surface area contributed by atoms with Gasteiger partial charge in [-0.1, -0.05) is 11.6 Å². The van der Waals surface area contributed by atoms with Crippen LogP contribution in [-0.2, 0) is 0 Å². The molecule has 0 amide bonds. The van der Waals surface area contributed by atoms with E-state index in [1.54, 1.807) is 0 Å². The highest BCUT2D eigenvalue weighted by Crippen LogP contribution is 2.22. The minimum absolute atomic E-state index is 0.403. The minimum Gasteiger partial charge on any atom is -0.359 e. The molecule has 0 aromatic carbocycles. The molecular weight excluding hydrogens is 152 g/mol. The first-order chi connectivity index (χ1) is 5.86. The Balaban J connectivity index is 2.08. The average molecular weight is 166 g/mol. The molecule has 0 spiro atoms. The minimum atomic E-state index is 0.403. The maximum absolute atomic E-state index is 5.19. The molecule has 2 rings (SSSR count). The zero-order valence-corrected chi connectivity index (χ0v) is 7.34. The van der Waals surface area contributed by atoms with Crippen LogP contribution < -0.4 is 5.32 Å². The molecule has 1 fully saturated rings. The van der Waals surface area contributed by atoms with E-state index in [2.05, 4.69) is 10.5 Å². The Hall–Kier alpha value is -0.830. The van der Waals surface area contributed by atoms with Crippen molar-refractivity contribution in [2.75, 3.05) is 6.54 Å². The number of nitrogens with zero attached hydrogens (tertiary/aromatic N) is 1. The third-order valence-corrected chi connectivity index (χ3v) is 2.30. The Bertz CT molecular complexity index is 251. The highest BCUT2D eigenvalue weighted by atomic mass is 16.5. The zero-order chi connectivity index (χ0) is 8.39. The summed E-state index contributed by atoms with van der Waals surface area (Å²) in [7, 11) is 0. The maximum Gasteiger partial charge on any atom is 0.153 e. The van der Waals surface area contributed by atoms with Gasteiger partial charge in [0.1, 0.15) is 0 Å². The second-order valence-electron chi connectivity index (χ2n) is 3.37. The van der Waals surface area contributed by atoms with Gasteiger partial charge in [-0.15, -0.1) is 0 Å². The fourth-order valence-corrected chi connectivity index (χ4v) is 1.64. The van der Waals surface area contributed by atoms with E-state index < -0.39 is 0 Å². The van der Waals surface area contributed by atoms with Crippen LogP contribution >= 0.6 is 0 Å². The summed E-state index contributed by atoms with van der Waals surface area (Å²) < 4.78 is 5.19. The molecular formula is C9H14N2O. The fraction of sp³-hybridized carbons (Fsp3) is 0.667. The summed E-state index contributed by atoms with van der Waals surface area (Å²) in [5.41, 5.74) is 0.970. The summed E-state index contributed by atoms with van der Waals surface area (Å²) in [6.07, 6.45) is 3.75. The van der Waals surface area contributed by atoms with E-state index in [0.29, 0.717) is 6.04 Å². The summed E-state index contributed by atoms with van der Waals surface area (Å²) in [5, 5.41) is 7.29. The second-order valence-corrected chi connectivity index (χ2v) is 3.37. The molecule has 3 nitrogen and oxygen atoms in total. The predicted molar refractivity (Wildman–Crippen MR) is 45.8 cm³/mol. The number of hydrogen-bond acceptors (Lipinski definition) is 3. The molecule has 0 bridgehead atoms. The van der Waals surface area contributed by atoms with Gasteiger partial charge in [-0.25, -0.2) is 0 Å². The Morgan fingerprint density at radius 1 is 1.58 bits per heavy atom. The molecule has 1 N–H and O–H groups in total. The van der Waals surface area contributed by atoms with Gasteiger partial charge in [0.25, 0.3) is 0 Å². The topological polar surface area (TPSA) is 38.1 Å². The van der Waals surface area contributed by atoms with Crippen LogP contribution in [0.15, 0.2) is 10.6 Å². The zero-order valence-electron chi connectivity index (χ0n) is 7.34. The molecule has 2 heterocycles. The lowest BCUT2D eigenvalue weighted by atomic mass is 10.0. The van der Waals surface area contributed by atoms with E-state index in [1.165, 1.54) is 19.3 Å². The molecule has 1 aromatic rings. The van der Waals surface area contributed by atoms with E-state index in [0.717, 1.165) is 18.0 Å². The van der Waals surface area contributed by atoms with Crippen LogP contribution in [0.5, 0.6) is 0 Å². The van der Waals surface area contributed by atoms with Crippen molar-refractivity contribution < 1.29 is 4.52 Å². The van der Waals surface area contributed by atoms with Gasteiger partial charge in [-0.05, 0) is 26.3 Å². The molecule has 1 aliphatic rings. The van der Waals surface area contributed by atoms with Crippen molar-refractivity contribution in [1.29, 1.82) is 0 Å². The van der Waals surface area contributed by atoms with Crippen molar-refractivity contribution in [1.82, 2.24) is 10.5 Å². The van der Waals surface area contributed by atoms with Crippen molar-refractivity contribution in [2.24, 2.45) is 0 Å². The summed E-state index contributed by atoms with van der Waals surface area (Å²) in [6, 6.07) is 2.42. The Morgan fingerprint density at radius 2 is 2.50 bits per heavy atom. The number of hydrogen-bond donors (Lipinski definition) is 1. The molecule has 1 aromatic heterocycles. The lowest BCUT2D eigenvalue weighted by Gasteiger charge is -2.20. The second kappa shape index (κ2) is 3.27. The first kappa shape index (κ1) is 7.80. The Kier molecular flexibility index (Phi) is 2.13. The van der Waals surface area contributed by atoms with Gasteiger partial charge in [-0.3, -0.25) is 0 Å². The fourth-order valence-electron chi connectivity index (χ4n) is 1.64. The standard InChI is InChI=1S/C9H14N2O/c1-7-6-9(12-11-7)8-4-2-3-5-10-8/h6,8,10H,2-5H2,1H3. The first-order valence-electron chi connectivity index (χ1n) is 4.53. The van der Waals surface area contributed by atoms with Crippen molar-refractivity contribution in [3.8, 4) is 0 Å². The smallest absolute Gasteiger partial charge is 0.153 e. The summed E-state index contributed by atoms with van der Waals surface area (Å²) in [4.78, 5) is 0. The molecule has 0 saturated carbocycles. The monoisotopic (exact) mass is 166 g/mol. The van der Waals surface area contributed by atoms with E-state index in [9.17, 15) is 0 Å². The van der Waals surface area contributed by atoms with Gasteiger partial charge in [0.05, 0.1) is 11.7 Å². The number of nitrogens with one attached hydrogen (secondary N) is 1.